The molecule has 1 heterocycles. The molecule has 0 aliphatic carbocycles. The lowest BCUT2D eigenvalue weighted by atomic mass is 10.0. The smallest absolute Gasteiger partial charge is 0.329 e. The minimum Gasteiger partial charge on any atom is -0.490 e. The zero-order valence-corrected chi connectivity index (χ0v) is 24.2. The van der Waals surface area contributed by atoms with Crippen LogP contribution in [-0.4, -0.2) is 35.9 Å². The van der Waals surface area contributed by atoms with Crippen molar-refractivity contribution in [1.82, 2.24) is 10.2 Å². The van der Waals surface area contributed by atoms with Crippen LogP contribution in [0, 0.1) is 6.92 Å². The van der Waals surface area contributed by atoms with Crippen molar-refractivity contribution < 1.29 is 23.9 Å². The molecule has 0 spiro atoms. The van der Waals surface area contributed by atoms with Crippen LogP contribution in [0.3, 0.4) is 0 Å². The Morgan fingerprint density at radius 1 is 0.977 bits per heavy atom. The third-order valence-electron chi connectivity index (χ3n) is 6.98. The number of allylic oxidation sites excluding steroid dienone is 1. The molecular formula is C35H33N3O5. The van der Waals surface area contributed by atoms with E-state index in [0.29, 0.717) is 42.4 Å². The number of nitrogens with one attached hydrogen (secondary N) is 2. The molecule has 0 atom stereocenters. The summed E-state index contributed by atoms with van der Waals surface area (Å²) in [6.07, 6.45) is 3.83. The monoisotopic (exact) mass is 575 g/mol. The van der Waals surface area contributed by atoms with E-state index < -0.39 is 24.4 Å². The van der Waals surface area contributed by atoms with Gasteiger partial charge in [-0.2, -0.15) is 0 Å². The molecule has 4 amide bonds. The summed E-state index contributed by atoms with van der Waals surface area (Å²) >= 11 is 0. The zero-order valence-electron chi connectivity index (χ0n) is 24.2. The summed E-state index contributed by atoms with van der Waals surface area (Å²) in [6.45, 7) is 8.03. The van der Waals surface area contributed by atoms with Gasteiger partial charge in [0, 0.05) is 11.3 Å². The normalized spacial score (nSPS) is 13.7. The lowest BCUT2D eigenvalue weighted by Crippen LogP contribution is -2.38. The summed E-state index contributed by atoms with van der Waals surface area (Å²) < 4.78 is 12.3. The van der Waals surface area contributed by atoms with Crippen LogP contribution in [-0.2, 0) is 22.6 Å². The molecule has 0 radical (unpaired) electrons. The lowest BCUT2D eigenvalue weighted by molar-refractivity contribution is -0.127. The average molecular weight is 576 g/mol. The first kappa shape index (κ1) is 29.1. The van der Waals surface area contributed by atoms with E-state index in [9.17, 15) is 14.4 Å². The maximum absolute atomic E-state index is 13.1. The molecule has 218 valence electrons. The Morgan fingerprint density at radius 2 is 1.74 bits per heavy atom. The Kier molecular flexibility index (Phi) is 8.86. The molecule has 0 bridgehead atoms. The fraction of sp³-hybridized carbons (Fsp3) is 0.171. The van der Waals surface area contributed by atoms with Crippen LogP contribution in [0.15, 0.2) is 97.2 Å². The van der Waals surface area contributed by atoms with E-state index in [1.807, 2.05) is 56.3 Å². The number of anilines is 1. The molecule has 43 heavy (non-hydrogen) atoms. The van der Waals surface area contributed by atoms with Crippen molar-refractivity contribution in [3.63, 3.8) is 0 Å². The van der Waals surface area contributed by atoms with Gasteiger partial charge in [0.1, 0.15) is 18.8 Å². The summed E-state index contributed by atoms with van der Waals surface area (Å²) in [7, 11) is 0. The summed E-state index contributed by atoms with van der Waals surface area (Å²) in [5.41, 5.74) is 4.19. The van der Waals surface area contributed by atoms with Gasteiger partial charge in [0.2, 0.25) is 5.91 Å². The first-order valence-corrected chi connectivity index (χ1v) is 14.1. The van der Waals surface area contributed by atoms with Gasteiger partial charge in [-0.05, 0) is 72.5 Å². The Morgan fingerprint density at radius 3 is 2.51 bits per heavy atom. The van der Waals surface area contributed by atoms with E-state index >= 15 is 0 Å². The highest BCUT2D eigenvalue weighted by atomic mass is 16.5. The minimum absolute atomic E-state index is 0.0598. The Labute approximate surface area is 250 Å². The van der Waals surface area contributed by atoms with E-state index in [0.717, 1.165) is 32.4 Å². The van der Waals surface area contributed by atoms with Crippen LogP contribution in [0.5, 0.6) is 11.5 Å². The van der Waals surface area contributed by atoms with E-state index in [-0.39, 0.29) is 5.70 Å². The maximum Gasteiger partial charge on any atom is 0.329 e. The Hall–Kier alpha value is -5.37. The molecule has 8 heteroatoms. The molecule has 1 aliphatic heterocycles. The number of carbonyl (C=O) groups excluding carboxylic acids is 3. The van der Waals surface area contributed by atoms with Crippen molar-refractivity contribution in [3.05, 3.63) is 119 Å². The largest absolute Gasteiger partial charge is 0.490 e. The highest BCUT2D eigenvalue weighted by Crippen LogP contribution is 2.36. The van der Waals surface area contributed by atoms with Crippen LogP contribution in [0.4, 0.5) is 10.5 Å². The molecule has 4 aromatic rings. The zero-order chi connectivity index (χ0) is 30.3. The van der Waals surface area contributed by atoms with Gasteiger partial charge in [-0.15, -0.1) is 6.58 Å². The Balaban J connectivity index is 1.37. The number of carbonyl (C=O) groups is 3. The van der Waals surface area contributed by atoms with Crippen molar-refractivity contribution in [3.8, 4) is 11.5 Å². The second-order valence-corrected chi connectivity index (χ2v) is 10.2. The van der Waals surface area contributed by atoms with Crippen LogP contribution in [0.25, 0.3) is 16.8 Å². The van der Waals surface area contributed by atoms with Crippen molar-refractivity contribution in [2.45, 2.75) is 26.9 Å². The number of benzene rings is 4. The molecular weight excluding hydrogens is 542 g/mol. The van der Waals surface area contributed by atoms with E-state index in [4.69, 9.17) is 9.47 Å². The highest BCUT2D eigenvalue weighted by Gasteiger charge is 2.35. The molecule has 8 nitrogen and oxygen atoms in total. The second kappa shape index (κ2) is 13.1. The van der Waals surface area contributed by atoms with E-state index in [1.54, 1.807) is 30.4 Å². The van der Waals surface area contributed by atoms with Gasteiger partial charge in [0.15, 0.2) is 11.5 Å². The highest BCUT2D eigenvalue weighted by molar-refractivity contribution is 6.16. The first-order valence-electron chi connectivity index (χ1n) is 14.1. The molecule has 1 aliphatic rings. The summed E-state index contributed by atoms with van der Waals surface area (Å²) in [5.74, 6) is 0.0323. The number of ether oxygens (including phenoxy) is 2. The van der Waals surface area contributed by atoms with Crippen LogP contribution < -0.4 is 20.1 Å². The van der Waals surface area contributed by atoms with Crippen LogP contribution in [0.1, 0.15) is 29.2 Å². The number of hydrogen-bond donors (Lipinski definition) is 2. The van der Waals surface area contributed by atoms with Gasteiger partial charge in [-0.1, -0.05) is 66.2 Å². The number of hydrogen-bond acceptors (Lipinski definition) is 5. The quantitative estimate of drug-likeness (QED) is 0.123. The van der Waals surface area contributed by atoms with Crippen molar-refractivity contribution in [2.24, 2.45) is 0 Å². The summed E-state index contributed by atoms with van der Waals surface area (Å²) in [5, 5.41) is 7.54. The van der Waals surface area contributed by atoms with Gasteiger partial charge in [-0.25, -0.2) is 9.69 Å². The molecule has 0 saturated carbocycles. The second-order valence-electron chi connectivity index (χ2n) is 10.2. The van der Waals surface area contributed by atoms with Crippen molar-refractivity contribution in [2.75, 3.05) is 18.5 Å². The fourth-order valence-electron chi connectivity index (χ4n) is 4.93. The predicted molar refractivity (Wildman–Crippen MR) is 168 cm³/mol. The fourth-order valence-corrected chi connectivity index (χ4v) is 4.93. The Bertz CT molecular complexity index is 1720. The number of nitrogens with zero attached hydrogens (tertiary/aromatic N) is 1. The van der Waals surface area contributed by atoms with E-state index in [1.165, 1.54) is 0 Å². The minimum atomic E-state index is -0.665. The van der Waals surface area contributed by atoms with Gasteiger partial charge < -0.3 is 20.1 Å². The number of imide groups is 1. The average Bonchev–Trinajstić information content (AvgIpc) is 3.25. The number of fused-ring (bicyclic) bond motifs is 1. The number of rotatable bonds is 11. The van der Waals surface area contributed by atoms with Gasteiger partial charge >= 0.3 is 6.03 Å². The first-order chi connectivity index (χ1) is 20.9. The van der Waals surface area contributed by atoms with Crippen LogP contribution in [0.2, 0.25) is 0 Å². The van der Waals surface area contributed by atoms with Gasteiger partial charge in [0.05, 0.1) is 6.61 Å². The number of aryl methyl sites for hydroxylation is 1. The molecule has 1 saturated heterocycles. The topological polar surface area (TPSA) is 97.0 Å². The van der Waals surface area contributed by atoms with E-state index in [2.05, 4.69) is 35.4 Å². The third kappa shape index (κ3) is 6.76. The molecule has 0 aromatic heterocycles. The predicted octanol–water partition coefficient (Wildman–Crippen LogP) is 6.39. The number of amides is 4. The summed E-state index contributed by atoms with van der Waals surface area (Å²) in [4.78, 5) is 39.2. The maximum atomic E-state index is 13.1. The number of urea groups is 1. The standard InChI is InChI=1S/C35H33N3O5/c1-4-9-26-18-24(19-30-34(40)38(35(41)37-30)21-32(39)36-28-16-14-23(3)15-17-28)20-31(42-5-2)33(26)43-22-27-12-8-11-25-10-6-7-13-29(25)27/h4,6-8,10-20H,1,5,9,21-22H2,2-3H3,(H,36,39)(H,37,41)/b30-19+. The van der Waals surface area contributed by atoms with Gasteiger partial charge in [-0.3, -0.25) is 9.59 Å². The third-order valence-corrected chi connectivity index (χ3v) is 6.98. The summed E-state index contributed by atoms with van der Waals surface area (Å²) in [6, 6.07) is 24.5. The molecule has 4 aromatic carbocycles. The van der Waals surface area contributed by atoms with Crippen LogP contribution >= 0.6 is 0 Å². The molecule has 0 unspecified atom stereocenters. The SMILES string of the molecule is C=CCc1cc(/C=C2/NC(=O)N(CC(=O)Nc3ccc(C)cc3)C2=O)cc(OCC)c1OCc1cccc2ccccc12. The van der Waals surface area contributed by atoms with Crippen molar-refractivity contribution >= 4 is 40.4 Å². The lowest BCUT2D eigenvalue weighted by Gasteiger charge is -2.17. The molecule has 2 N–H and O–H groups in total. The molecule has 5 rings (SSSR count). The van der Waals surface area contributed by atoms with Gasteiger partial charge in [0.25, 0.3) is 5.91 Å². The van der Waals surface area contributed by atoms with Crippen molar-refractivity contribution in [1.29, 1.82) is 0 Å². The molecule has 1 fully saturated rings.